The maximum atomic E-state index is 12.6. The van der Waals surface area contributed by atoms with Gasteiger partial charge in [0.05, 0.1) is 40.7 Å². The van der Waals surface area contributed by atoms with E-state index in [0.29, 0.717) is 29.4 Å². The van der Waals surface area contributed by atoms with Crippen LogP contribution in [0, 0.1) is 0 Å². The van der Waals surface area contributed by atoms with Crippen molar-refractivity contribution in [3.05, 3.63) is 39.9 Å². The minimum absolute atomic E-state index is 0.0142. The number of hydrogen-bond donors (Lipinski definition) is 1. The zero-order valence-electron chi connectivity index (χ0n) is 13.4. The Hall–Kier alpha value is -1.64. The van der Waals surface area contributed by atoms with E-state index in [1.165, 1.54) is 10.9 Å². The molecule has 1 fully saturated rings. The van der Waals surface area contributed by atoms with E-state index >= 15 is 0 Å². The quantitative estimate of drug-likeness (QED) is 0.793. The van der Waals surface area contributed by atoms with E-state index in [1.54, 1.807) is 12.1 Å². The Bertz CT molecular complexity index is 910. The van der Waals surface area contributed by atoms with Crippen molar-refractivity contribution < 1.29 is 13.2 Å². The van der Waals surface area contributed by atoms with Gasteiger partial charge in [0.2, 0.25) is 0 Å². The molecule has 1 amide bonds. The van der Waals surface area contributed by atoms with Crippen molar-refractivity contribution in [3.8, 4) is 0 Å². The van der Waals surface area contributed by atoms with E-state index in [2.05, 4.69) is 15.4 Å². The summed E-state index contributed by atoms with van der Waals surface area (Å²) in [6.07, 6.45) is 2.37. The molecule has 134 valence electrons. The summed E-state index contributed by atoms with van der Waals surface area (Å²) >= 11 is 12.1. The first kappa shape index (κ1) is 18.2. The van der Waals surface area contributed by atoms with Crippen LogP contribution in [-0.4, -0.2) is 40.6 Å². The number of aromatic nitrogens is 3. The third-order valence-electron chi connectivity index (χ3n) is 4.03. The van der Waals surface area contributed by atoms with Crippen LogP contribution in [0.25, 0.3) is 0 Å². The minimum Gasteiger partial charge on any atom is -0.320 e. The van der Waals surface area contributed by atoms with Crippen LogP contribution >= 0.6 is 23.2 Å². The number of hydrogen-bond acceptors (Lipinski definition) is 5. The van der Waals surface area contributed by atoms with Crippen LogP contribution in [0.15, 0.2) is 18.3 Å². The smallest absolute Gasteiger partial charge is 0.260 e. The first-order chi connectivity index (χ1) is 11.8. The molecule has 2 aromatic rings. The van der Waals surface area contributed by atoms with Crippen molar-refractivity contribution in [3.63, 3.8) is 0 Å². The fraction of sp³-hybridized carbons (Fsp3) is 0.400. The molecule has 0 bridgehead atoms. The number of nitrogens with one attached hydrogen (secondary N) is 1. The number of amides is 1. The number of nitrogens with zero attached hydrogens (tertiary/aromatic N) is 3. The molecule has 7 nitrogen and oxygen atoms in total. The largest absolute Gasteiger partial charge is 0.320 e. The highest BCUT2D eigenvalue weighted by Crippen LogP contribution is 2.30. The summed E-state index contributed by atoms with van der Waals surface area (Å²) in [4.78, 5) is 16.5. The lowest BCUT2D eigenvalue weighted by molar-refractivity contribution is 0.102. The van der Waals surface area contributed by atoms with E-state index in [1.807, 2.05) is 6.92 Å². The lowest BCUT2D eigenvalue weighted by atomic mass is 10.2. The molecule has 1 unspecified atom stereocenters. The van der Waals surface area contributed by atoms with Crippen molar-refractivity contribution in [2.45, 2.75) is 25.8 Å². The molecule has 25 heavy (non-hydrogen) atoms. The second kappa shape index (κ2) is 6.93. The Morgan fingerprint density at radius 2 is 2.16 bits per heavy atom. The van der Waals surface area contributed by atoms with Crippen molar-refractivity contribution >= 4 is 44.6 Å². The van der Waals surface area contributed by atoms with Crippen LogP contribution in [0.1, 0.15) is 35.4 Å². The Morgan fingerprint density at radius 3 is 2.72 bits per heavy atom. The SMILES string of the molecule is CCc1nn(C2CCS(=O)(=O)C2)c(Cl)c1C(=O)Nc1ccc(Cl)nc1. The van der Waals surface area contributed by atoms with Gasteiger partial charge in [-0.25, -0.2) is 18.1 Å². The van der Waals surface area contributed by atoms with Gasteiger partial charge in [0, 0.05) is 0 Å². The minimum atomic E-state index is -3.08. The molecule has 3 rings (SSSR count). The lowest BCUT2D eigenvalue weighted by Gasteiger charge is -2.10. The predicted octanol–water partition coefficient (Wildman–Crippen LogP) is 2.76. The molecule has 0 saturated carbocycles. The number of carbonyl (C=O) groups is 1. The Labute approximate surface area is 155 Å². The monoisotopic (exact) mass is 402 g/mol. The second-order valence-corrected chi connectivity index (χ2v) is 8.77. The highest BCUT2D eigenvalue weighted by molar-refractivity contribution is 7.91. The number of aryl methyl sites for hydroxylation is 1. The Morgan fingerprint density at radius 1 is 1.40 bits per heavy atom. The van der Waals surface area contributed by atoms with Gasteiger partial charge in [-0.2, -0.15) is 5.10 Å². The predicted molar refractivity (Wildman–Crippen MR) is 96.1 cm³/mol. The first-order valence-electron chi connectivity index (χ1n) is 7.71. The number of rotatable bonds is 4. The third kappa shape index (κ3) is 3.80. The van der Waals surface area contributed by atoms with Crippen molar-refractivity contribution in [2.24, 2.45) is 0 Å². The molecular weight excluding hydrogens is 387 g/mol. The molecule has 1 atom stereocenters. The van der Waals surface area contributed by atoms with Gasteiger partial charge in [-0.3, -0.25) is 4.79 Å². The van der Waals surface area contributed by atoms with Gasteiger partial charge >= 0.3 is 0 Å². The third-order valence-corrected chi connectivity index (χ3v) is 6.36. The maximum absolute atomic E-state index is 12.6. The standard InChI is InChI=1S/C15H16Cl2N4O3S/c1-2-11-13(15(22)19-9-3-4-12(16)18-7-9)14(17)21(20-11)10-5-6-25(23,24)8-10/h3-4,7,10H,2,5-6,8H2,1H3,(H,19,22). The summed E-state index contributed by atoms with van der Waals surface area (Å²) in [5.41, 5.74) is 1.25. The second-order valence-electron chi connectivity index (χ2n) is 5.79. The van der Waals surface area contributed by atoms with E-state index in [-0.39, 0.29) is 28.3 Å². The van der Waals surface area contributed by atoms with Crippen LogP contribution in [0.4, 0.5) is 5.69 Å². The summed E-state index contributed by atoms with van der Waals surface area (Å²) in [5.74, 6) is -0.328. The molecular formula is C15H16Cl2N4O3S. The molecule has 0 aromatic carbocycles. The molecule has 10 heteroatoms. The zero-order chi connectivity index (χ0) is 18.2. The lowest BCUT2D eigenvalue weighted by Crippen LogP contribution is -2.15. The number of halogens is 2. The maximum Gasteiger partial charge on any atom is 0.260 e. The number of anilines is 1. The van der Waals surface area contributed by atoms with Gasteiger partial charge in [0.15, 0.2) is 9.84 Å². The zero-order valence-corrected chi connectivity index (χ0v) is 15.7. The summed E-state index contributed by atoms with van der Waals surface area (Å²) in [6, 6.07) is 2.84. The van der Waals surface area contributed by atoms with E-state index in [9.17, 15) is 13.2 Å². The van der Waals surface area contributed by atoms with Crippen molar-refractivity contribution in [1.82, 2.24) is 14.8 Å². The topological polar surface area (TPSA) is 94.0 Å². The fourth-order valence-electron chi connectivity index (χ4n) is 2.78. The van der Waals surface area contributed by atoms with Crippen LogP contribution in [0.3, 0.4) is 0 Å². The molecule has 0 radical (unpaired) electrons. The van der Waals surface area contributed by atoms with Gasteiger partial charge in [-0.15, -0.1) is 0 Å². The van der Waals surface area contributed by atoms with Gasteiger partial charge in [0.25, 0.3) is 5.91 Å². The average Bonchev–Trinajstić information content (AvgIpc) is 3.08. The summed E-state index contributed by atoms with van der Waals surface area (Å²) in [6.45, 7) is 1.86. The molecule has 0 spiro atoms. The summed E-state index contributed by atoms with van der Waals surface area (Å²) in [7, 11) is -3.08. The van der Waals surface area contributed by atoms with E-state index in [0.717, 1.165) is 0 Å². The van der Waals surface area contributed by atoms with Crippen LogP contribution in [0.5, 0.6) is 0 Å². The van der Waals surface area contributed by atoms with Crippen molar-refractivity contribution in [1.29, 1.82) is 0 Å². The van der Waals surface area contributed by atoms with Crippen molar-refractivity contribution in [2.75, 3.05) is 16.8 Å². The number of sulfone groups is 1. The van der Waals surface area contributed by atoms with Crippen LogP contribution in [0.2, 0.25) is 10.3 Å². The van der Waals surface area contributed by atoms with Gasteiger partial charge < -0.3 is 5.32 Å². The molecule has 1 aliphatic heterocycles. The normalized spacial score (nSPS) is 19.1. The summed E-state index contributed by atoms with van der Waals surface area (Å²) < 4.78 is 24.9. The molecule has 3 heterocycles. The van der Waals surface area contributed by atoms with Gasteiger partial charge in [-0.05, 0) is 25.0 Å². The number of carbonyl (C=O) groups excluding carboxylic acids is 1. The Balaban J connectivity index is 1.90. The molecule has 1 aliphatic rings. The van der Waals surface area contributed by atoms with Crippen LogP contribution in [-0.2, 0) is 16.3 Å². The van der Waals surface area contributed by atoms with E-state index < -0.39 is 15.7 Å². The first-order valence-corrected chi connectivity index (χ1v) is 10.3. The average molecular weight is 403 g/mol. The van der Waals surface area contributed by atoms with E-state index in [4.69, 9.17) is 23.2 Å². The highest BCUT2D eigenvalue weighted by atomic mass is 35.5. The van der Waals surface area contributed by atoms with Crippen LogP contribution < -0.4 is 5.32 Å². The molecule has 1 saturated heterocycles. The highest BCUT2D eigenvalue weighted by Gasteiger charge is 2.33. The van der Waals surface area contributed by atoms with Gasteiger partial charge in [0.1, 0.15) is 10.3 Å². The molecule has 1 N–H and O–H groups in total. The molecule has 0 aliphatic carbocycles. The Kier molecular flexibility index (Phi) is 5.04. The number of pyridine rings is 1. The summed E-state index contributed by atoms with van der Waals surface area (Å²) in [5, 5.41) is 7.55. The van der Waals surface area contributed by atoms with Gasteiger partial charge in [-0.1, -0.05) is 30.1 Å². The molecule has 2 aromatic heterocycles. The fourth-order valence-corrected chi connectivity index (χ4v) is 4.96.